The van der Waals surface area contributed by atoms with Gasteiger partial charge in [-0.05, 0) is 49.9 Å². The number of fused-ring (bicyclic) bond motifs is 2. The maximum atomic E-state index is 12.7. The average Bonchev–Trinajstić information content (AvgIpc) is 3.30. The lowest BCUT2D eigenvalue weighted by Gasteiger charge is -2.23. The molecule has 0 aliphatic carbocycles. The summed E-state index contributed by atoms with van der Waals surface area (Å²) in [6, 6.07) is 3.63. The lowest BCUT2D eigenvalue weighted by molar-refractivity contribution is -0.125. The molecule has 122 valence electrons. The predicted octanol–water partition coefficient (Wildman–Crippen LogP) is 2.67. The number of ether oxygens (including phenoxy) is 1. The Kier molecular flexibility index (Phi) is 3.82. The van der Waals surface area contributed by atoms with Gasteiger partial charge in [0.25, 0.3) is 0 Å². The molecule has 0 saturated carbocycles. The number of rotatable bonds is 4. The van der Waals surface area contributed by atoms with E-state index in [9.17, 15) is 4.79 Å². The highest BCUT2D eigenvalue weighted by molar-refractivity contribution is 7.71. The van der Waals surface area contributed by atoms with Crippen LogP contribution in [0.3, 0.4) is 0 Å². The third-order valence-electron chi connectivity index (χ3n) is 4.65. The van der Waals surface area contributed by atoms with Crippen LogP contribution >= 0.6 is 23.6 Å². The Morgan fingerprint density at radius 2 is 2.48 bits per heavy atom. The Morgan fingerprint density at radius 1 is 1.61 bits per heavy atom. The van der Waals surface area contributed by atoms with Crippen LogP contribution in [0.25, 0.3) is 10.7 Å². The Balaban J connectivity index is 1.55. The first-order valence-corrected chi connectivity index (χ1v) is 9.09. The molecule has 8 heteroatoms. The number of amides is 1. The summed E-state index contributed by atoms with van der Waals surface area (Å²) in [5, 5.41) is 12.2. The second-order valence-electron chi connectivity index (χ2n) is 6.10. The van der Waals surface area contributed by atoms with Gasteiger partial charge in [-0.25, -0.2) is 0 Å². The zero-order valence-corrected chi connectivity index (χ0v) is 14.3. The third kappa shape index (κ3) is 2.64. The molecule has 0 unspecified atom stereocenters. The van der Waals surface area contributed by atoms with Gasteiger partial charge in [0, 0.05) is 0 Å². The van der Waals surface area contributed by atoms with Gasteiger partial charge in [0.15, 0.2) is 10.6 Å². The minimum Gasteiger partial charge on any atom is -0.373 e. The van der Waals surface area contributed by atoms with Gasteiger partial charge in [-0.3, -0.25) is 14.5 Å². The molecule has 6 nitrogen and oxygen atoms in total. The van der Waals surface area contributed by atoms with Crippen molar-refractivity contribution in [2.24, 2.45) is 0 Å². The Labute approximate surface area is 142 Å². The number of hydrogen-bond donors (Lipinski definition) is 2. The minimum atomic E-state index is -0.419. The van der Waals surface area contributed by atoms with Crippen LogP contribution in [0.4, 0.5) is 0 Å². The standard InChI is InChI=1S/C15H18N4O2S2/c1-8(14(20)16-10-7-9-4-5-11(10)21-9)19-13(17-18-15(19)22)12-3-2-6-23-12/h2-3,6,8-11H,4-5,7H2,1H3,(H,16,20)(H,18,22)/t8-,9-,10-,11-/m1/s1. The summed E-state index contributed by atoms with van der Waals surface area (Å²) in [6.07, 6.45) is 3.55. The van der Waals surface area contributed by atoms with E-state index in [0.717, 1.165) is 24.1 Å². The normalized spacial score (nSPS) is 27.3. The zero-order chi connectivity index (χ0) is 16.0. The van der Waals surface area contributed by atoms with Gasteiger partial charge in [0.2, 0.25) is 5.91 Å². The lowest BCUT2D eigenvalue weighted by Crippen LogP contribution is -2.44. The highest BCUT2D eigenvalue weighted by Gasteiger charge is 2.42. The van der Waals surface area contributed by atoms with Gasteiger partial charge < -0.3 is 10.1 Å². The summed E-state index contributed by atoms with van der Waals surface area (Å²) >= 11 is 6.90. The van der Waals surface area contributed by atoms with Crippen molar-refractivity contribution in [3.63, 3.8) is 0 Å². The monoisotopic (exact) mass is 350 g/mol. The smallest absolute Gasteiger partial charge is 0.243 e. The molecule has 2 aliphatic heterocycles. The van der Waals surface area contributed by atoms with E-state index in [0.29, 0.717) is 16.7 Å². The van der Waals surface area contributed by atoms with E-state index < -0.39 is 6.04 Å². The number of thiophene rings is 1. The maximum Gasteiger partial charge on any atom is 0.243 e. The molecular formula is C15H18N4O2S2. The van der Waals surface area contributed by atoms with E-state index >= 15 is 0 Å². The van der Waals surface area contributed by atoms with Crippen LogP contribution in [0.5, 0.6) is 0 Å². The molecule has 1 amide bonds. The Bertz CT molecular complexity index is 767. The van der Waals surface area contributed by atoms with Crippen molar-refractivity contribution in [2.75, 3.05) is 0 Å². The van der Waals surface area contributed by atoms with Crippen LogP contribution in [0, 0.1) is 4.77 Å². The summed E-state index contributed by atoms with van der Waals surface area (Å²) in [5.74, 6) is 0.665. The van der Waals surface area contributed by atoms with Crippen molar-refractivity contribution in [1.82, 2.24) is 20.1 Å². The molecule has 0 aromatic carbocycles. The first-order chi connectivity index (χ1) is 11.1. The average molecular weight is 350 g/mol. The van der Waals surface area contributed by atoms with E-state index in [4.69, 9.17) is 17.0 Å². The molecule has 4 atom stereocenters. The summed E-state index contributed by atoms with van der Waals surface area (Å²) in [6.45, 7) is 1.85. The quantitative estimate of drug-likeness (QED) is 0.832. The third-order valence-corrected chi connectivity index (χ3v) is 5.80. The van der Waals surface area contributed by atoms with E-state index in [-0.39, 0.29) is 18.1 Å². The topological polar surface area (TPSA) is 71.9 Å². The highest BCUT2D eigenvalue weighted by atomic mass is 32.1. The van der Waals surface area contributed by atoms with Gasteiger partial charge >= 0.3 is 0 Å². The molecule has 2 saturated heterocycles. The molecule has 4 rings (SSSR count). The fourth-order valence-electron chi connectivity index (χ4n) is 3.45. The number of nitrogens with one attached hydrogen (secondary N) is 2. The van der Waals surface area contributed by atoms with Crippen molar-refractivity contribution in [1.29, 1.82) is 0 Å². The number of hydrogen-bond acceptors (Lipinski definition) is 5. The fraction of sp³-hybridized carbons (Fsp3) is 0.533. The van der Waals surface area contributed by atoms with E-state index in [1.165, 1.54) is 0 Å². The van der Waals surface area contributed by atoms with Crippen molar-refractivity contribution in [3.05, 3.63) is 22.3 Å². The van der Waals surface area contributed by atoms with Gasteiger partial charge in [-0.2, -0.15) is 5.10 Å². The van der Waals surface area contributed by atoms with Gasteiger partial charge in [0.1, 0.15) is 6.04 Å². The minimum absolute atomic E-state index is 0.0403. The van der Waals surface area contributed by atoms with Crippen LogP contribution in [-0.4, -0.2) is 38.9 Å². The first kappa shape index (κ1) is 15.0. The Morgan fingerprint density at radius 3 is 3.13 bits per heavy atom. The number of H-pyrrole nitrogens is 1. The lowest BCUT2D eigenvalue weighted by atomic mass is 9.95. The number of nitrogens with zero attached hydrogens (tertiary/aromatic N) is 2. The molecule has 2 bridgehead atoms. The van der Waals surface area contributed by atoms with Crippen LogP contribution < -0.4 is 5.32 Å². The highest BCUT2D eigenvalue weighted by Crippen LogP contribution is 2.34. The molecule has 2 aromatic rings. The second-order valence-corrected chi connectivity index (χ2v) is 7.43. The van der Waals surface area contributed by atoms with Crippen molar-refractivity contribution >= 4 is 29.5 Å². The van der Waals surface area contributed by atoms with Crippen molar-refractivity contribution in [3.8, 4) is 10.7 Å². The summed E-state index contributed by atoms with van der Waals surface area (Å²) < 4.78 is 8.04. The molecule has 4 heterocycles. The first-order valence-electron chi connectivity index (χ1n) is 7.80. The molecule has 23 heavy (non-hydrogen) atoms. The van der Waals surface area contributed by atoms with Crippen molar-refractivity contribution in [2.45, 2.75) is 50.5 Å². The molecule has 2 aromatic heterocycles. The number of carbonyl (C=O) groups excluding carboxylic acids is 1. The largest absolute Gasteiger partial charge is 0.373 e. The van der Waals surface area contributed by atoms with E-state index in [2.05, 4.69) is 15.5 Å². The van der Waals surface area contributed by atoms with Gasteiger partial charge in [0.05, 0.1) is 23.1 Å². The molecule has 2 fully saturated rings. The summed E-state index contributed by atoms with van der Waals surface area (Å²) in [5.41, 5.74) is 0. The molecule has 2 N–H and O–H groups in total. The molecular weight excluding hydrogens is 332 g/mol. The number of carbonyl (C=O) groups is 1. The Hall–Kier alpha value is -1.51. The fourth-order valence-corrected chi connectivity index (χ4v) is 4.45. The SMILES string of the molecule is C[C@H](C(=O)N[C@@H]1C[C@H]2CC[C@H]1O2)n1c(-c2cccs2)n[nH]c1=S. The molecule has 2 aliphatic rings. The number of aromatic amines is 1. The maximum absolute atomic E-state index is 12.7. The van der Waals surface area contributed by atoms with Crippen LogP contribution in [-0.2, 0) is 9.53 Å². The van der Waals surface area contributed by atoms with Crippen LogP contribution in [0.2, 0.25) is 0 Å². The zero-order valence-electron chi connectivity index (χ0n) is 12.7. The summed E-state index contributed by atoms with van der Waals surface area (Å²) in [7, 11) is 0. The van der Waals surface area contributed by atoms with Gasteiger partial charge in [-0.1, -0.05) is 6.07 Å². The summed E-state index contributed by atoms with van der Waals surface area (Å²) in [4.78, 5) is 13.7. The van der Waals surface area contributed by atoms with E-state index in [1.54, 1.807) is 15.9 Å². The molecule has 0 radical (unpaired) electrons. The number of aromatic nitrogens is 3. The van der Waals surface area contributed by atoms with E-state index in [1.807, 2.05) is 24.4 Å². The second kappa shape index (κ2) is 5.85. The molecule has 0 spiro atoms. The van der Waals surface area contributed by atoms with Gasteiger partial charge in [-0.15, -0.1) is 11.3 Å². The van der Waals surface area contributed by atoms with Crippen molar-refractivity contribution < 1.29 is 9.53 Å². The van der Waals surface area contributed by atoms with Crippen LogP contribution in [0.15, 0.2) is 17.5 Å². The van der Waals surface area contributed by atoms with Crippen LogP contribution in [0.1, 0.15) is 32.2 Å². The predicted molar refractivity (Wildman–Crippen MR) is 89.9 cm³/mol.